The van der Waals surface area contributed by atoms with E-state index in [0.717, 1.165) is 16.3 Å². The zero-order valence-electron chi connectivity index (χ0n) is 15.3. The molecule has 0 saturated heterocycles. The van der Waals surface area contributed by atoms with Gasteiger partial charge in [0.15, 0.2) is 0 Å². The summed E-state index contributed by atoms with van der Waals surface area (Å²) in [6.45, 7) is 7.31. The van der Waals surface area contributed by atoms with Gasteiger partial charge in [0.05, 0.1) is 6.04 Å². The third kappa shape index (κ3) is 4.92. The van der Waals surface area contributed by atoms with Crippen molar-refractivity contribution < 1.29 is 14.3 Å². The lowest BCUT2D eigenvalue weighted by Gasteiger charge is -2.22. The number of esters is 1. The van der Waals surface area contributed by atoms with Gasteiger partial charge in [0.25, 0.3) is 0 Å². The molecular weight excluding hydrogens is 328 g/mol. The normalized spacial score (nSPS) is 13.2. The molecule has 2 atom stereocenters. The van der Waals surface area contributed by atoms with Gasteiger partial charge in [-0.15, -0.1) is 0 Å². The Bertz CT molecular complexity index is 780. The minimum Gasteiger partial charge on any atom is -0.460 e. The first-order valence-corrected chi connectivity index (χ1v) is 8.74. The fraction of sp³-hybridized carbons (Fsp3) is 0.333. The minimum atomic E-state index is -0.755. The van der Waals surface area contributed by atoms with Gasteiger partial charge in [0, 0.05) is 0 Å². The average Bonchev–Trinajstić information content (AvgIpc) is 2.63. The quantitative estimate of drug-likeness (QED) is 0.564. The van der Waals surface area contributed by atoms with Crippen molar-refractivity contribution in [2.45, 2.75) is 32.4 Å². The number of hydrogen-bond acceptors (Lipinski definition) is 4. The molecule has 0 aliphatic heterocycles. The Morgan fingerprint density at radius 2 is 1.88 bits per heavy atom. The molecule has 0 radical (unpaired) electrons. The van der Waals surface area contributed by atoms with Crippen LogP contribution in [0.25, 0.3) is 10.8 Å². The number of benzene rings is 2. The Labute approximate surface area is 154 Å². The second-order valence-electron chi connectivity index (χ2n) is 6.60. The molecule has 2 rings (SSSR count). The van der Waals surface area contributed by atoms with Gasteiger partial charge < -0.3 is 15.8 Å². The van der Waals surface area contributed by atoms with Crippen LogP contribution in [0.15, 0.2) is 55.1 Å². The molecule has 0 fully saturated rings. The van der Waals surface area contributed by atoms with E-state index in [1.54, 1.807) is 0 Å². The number of hydrogen-bond donors (Lipinski definition) is 2. The van der Waals surface area contributed by atoms with Crippen molar-refractivity contribution in [2.75, 3.05) is 6.61 Å². The Morgan fingerprint density at radius 3 is 2.58 bits per heavy atom. The number of carbonyl (C=O) groups excluding carboxylic acids is 2. The molecule has 0 spiro atoms. The van der Waals surface area contributed by atoms with E-state index in [1.807, 2.05) is 56.3 Å². The van der Waals surface area contributed by atoms with E-state index in [1.165, 1.54) is 6.08 Å². The van der Waals surface area contributed by atoms with Crippen LogP contribution in [0.1, 0.15) is 19.4 Å². The van der Waals surface area contributed by atoms with E-state index in [4.69, 9.17) is 10.5 Å². The highest BCUT2D eigenvalue weighted by molar-refractivity contribution is 5.89. The summed E-state index contributed by atoms with van der Waals surface area (Å²) in [7, 11) is 0. The molecule has 5 heteroatoms. The summed E-state index contributed by atoms with van der Waals surface area (Å²) in [5, 5.41) is 4.90. The highest BCUT2D eigenvalue weighted by Gasteiger charge is 2.27. The molecule has 138 valence electrons. The van der Waals surface area contributed by atoms with Crippen LogP contribution in [0.3, 0.4) is 0 Å². The van der Waals surface area contributed by atoms with Gasteiger partial charge >= 0.3 is 5.97 Å². The van der Waals surface area contributed by atoms with Crippen molar-refractivity contribution in [1.29, 1.82) is 0 Å². The summed E-state index contributed by atoms with van der Waals surface area (Å²) in [4.78, 5) is 24.6. The van der Waals surface area contributed by atoms with E-state index in [2.05, 4.69) is 11.9 Å². The van der Waals surface area contributed by atoms with Gasteiger partial charge in [-0.05, 0) is 28.7 Å². The van der Waals surface area contributed by atoms with E-state index in [9.17, 15) is 9.59 Å². The first kappa shape index (κ1) is 19.7. The fourth-order valence-electron chi connectivity index (χ4n) is 2.79. The molecule has 0 saturated carbocycles. The number of nitrogens with one attached hydrogen (secondary N) is 1. The molecule has 0 heterocycles. The molecule has 2 aromatic carbocycles. The fourth-order valence-corrected chi connectivity index (χ4v) is 2.79. The first-order chi connectivity index (χ1) is 12.4. The van der Waals surface area contributed by atoms with E-state index in [0.29, 0.717) is 6.42 Å². The third-order valence-electron chi connectivity index (χ3n) is 4.22. The summed E-state index contributed by atoms with van der Waals surface area (Å²) in [5.74, 6) is -0.959. The van der Waals surface area contributed by atoms with Gasteiger partial charge in [-0.3, -0.25) is 4.79 Å². The van der Waals surface area contributed by atoms with Crippen LogP contribution in [-0.4, -0.2) is 30.6 Å². The maximum absolute atomic E-state index is 12.5. The molecule has 0 bridgehead atoms. The van der Waals surface area contributed by atoms with Crippen molar-refractivity contribution in [3.8, 4) is 0 Å². The van der Waals surface area contributed by atoms with E-state index < -0.39 is 18.1 Å². The van der Waals surface area contributed by atoms with Crippen LogP contribution >= 0.6 is 0 Å². The lowest BCUT2D eigenvalue weighted by molar-refractivity contribution is -0.148. The van der Waals surface area contributed by atoms with Crippen molar-refractivity contribution in [2.24, 2.45) is 11.7 Å². The lowest BCUT2D eigenvalue weighted by atomic mass is 9.98. The summed E-state index contributed by atoms with van der Waals surface area (Å²) < 4.78 is 5.06. The summed E-state index contributed by atoms with van der Waals surface area (Å²) >= 11 is 0. The standard InChI is InChI=1S/C21H26N2O3/c1-4-12-26-21(25)19(14(2)3)23-20(24)18(22)13-16-10-7-9-15-8-5-6-11-17(15)16/h4-11,14,18-19H,1,12-13,22H2,2-3H3,(H,23,24). The van der Waals surface area contributed by atoms with Crippen molar-refractivity contribution in [3.05, 3.63) is 60.7 Å². The Balaban J connectivity index is 2.08. The van der Waals surface area contributed by atoms with Crippen LogP contribution in [-0.2, 0) is 20.7 Å². The molecule has 3 N–H and O–H groups in total. The molecule has 26 heavy (non-hydrogen) atoms. The van der Waals surface area contributed by atoms with Crippen molar-refractivity contribution >= 4 is 22.6 Å². The molecular formula is C21H26N2O3. The Hall–Kier alpha value is -2.66. The average molecular weight is 354 g/mol. The van der Waals surface area contributed by atoms with Crippen LogP contribution in [0.2, 0.25) is 0 Å². The van der Waals surface area contributed by atoms with Crippen LogP contribution in [0, 0.1) is 5.92 Å². The molecule has 1 amide bonds. The van der Waals surface area contributed by atoms with Crippen molar-refractivity contribution in [1.82, 2.24) is 5.32 Å². The monoisotopic (exact) mass is 354 g/mol. The number of carbonyl (C=O) groups is 2. The smallest absolute Gasteiger partial charge is 0.329 e. The molecule has 0 aliphatic carbocycles. The SMILES string of the molecule is C=CCOC(=O)C(NC(=O)C(N)Cc1cccc2ccccc12)C(C)C. The molecule has 0 aromatic heterocycles. The Kier molecular flexibility index (Phi) is 6.92. The highest BCUT2D eigenvalue weighted by Crippen LogP contribution is 2.19. The summed E-state index contributed by atoms with van der Waals surface area (Å²) in [5.41, 5.74) is 7.11. The molecule has 2 unspecified atom stereocenters. The number of nitrogens with two attached hydrogens (primary N) is 1. The van der Waals surface area contributed by atoms with Crippen LogP contribution < -0.4 is 11.1 Å². The topological polar surface area (TPSA) is 81.4 Å². The van der Waals surface area contributed by atoms with Gasteiger partial charge in [0.1, 0.15) is 12.6 Å². The molecule has 0 aliphatic rings. The second-order valence-corrected chi connectivity index (χ2v) is 6.60. The van der Waals surface area contributed by atoms with Gasteiger partial charge in [-0.25, -0.2) is 4.79 Å². The third-order valence-corrected chi connectivity index (χ3v) is 4.22. The van der Waals surface area contributed by atoms with Crippen LogP contribution in [0.5, 0.6) is 0 Å². The first-order valence-electron chi connectivity index (χ1n) is 8.74. The van der Waals surface area contributed by atoms with Crippen LogP contribution in [0.4, 0.5) is 0 Å². The van der Waals surface area contributed by atoms with Gasteiger partial charge in [0.2, 0.25) is 5.91 Å². The zero-order chi connectivity index (χ0) is 19.1. The molecule has 5 nitrogen and oxygen atoms in total. The van der Waals surface area contributed by atoms with E-state index in [-0.39, 0.29) is 18.4 Å². The number of amides is 1. The van der Waals surface area contributed by atoms with Gasteiger partial charge in [-0.2, -0.15) is 0 Å². The minimum absolute atomic E-state index is 0.110. The predicted molar refractivity (Wildman–Crippen MR) is 104 cm³/mol. The van der Waals surface area contributed by atoms with Crippen molar-refractivity contribution in [3.63, 3.8) is 0 Å². The largest absolute Gasteiger partial charge is 0.460 e. The number of fused-ring (bicyclic) bond motifs is 1. The maximum atomic E-state index is 12.5. The van der Waals surface area contributed by atoms with Gasteiger partial charge in [-0.1, -0.05) is 69.0 Å². The number of ether oxygens (including phenoxy) is 1. The summed E-state index contributed by atoms with van der Waals surface area (Å²) in [6.07, 6.45) is 1.88. The number of rotatable bonds is 8. The highest BCUT2D eigenvalue weighted by atomic mass is 16.5. The Morgan fingerprint density at radius 1 is 1.19 bits per heavy atom. The summed E-state index contributed by atoms with van der Waals surface area (Å²) in [6, 6.07) is 12.4. The maximum Gasteiger partial charge on any atom is 0.329 e. The molecule has 2 aromatic rings. The second kappa shape index (κ2) is 9.15. The van der Waals surface area contributed by atoms with E-state index >= 15 is 0 Å². The lowest BCUT2D eigenvalue weighted by Crippen LogP contribution is -2.51. The zero-order valence-corrected chi connectivity index (χ0v) is 15.3. The predicted octanol–water partition coefficient (Wildman–Crippen LogP) is 2.58.